The van der Waals surface area contributed by atoms with Crippen molar-refractivity contribution in [2.24, 2.45) is 0 Å². The summed E-state index contributed by atoms with van der Waals surface area (Å²) in [7, 11) is 0. The molecule has 0 fully saturated rings. The quantitative estimate of drug-likeness (QED) is 0.751. The minimum atomic E-state index is -1.06. The third-order valence-electron chi connectivity index (χ3n) is 1.88. The van der Waals surface area contributed by atoms with E-state index in [2.05, 4.69) is 0 Å². The van der Waals surface area contributed by atoms with E-state index in [4.69, 9.17) is 5.11 Å². The first-order valence-electron chi connectivity index (χ1n) is 3.94. The Balaban J connectivity index is 0.00000112. The van der Waals surface area contributed by atoms with E-state index in [0.717, 1.165) is 11.3 Å². The van der Waals surface area contributed by atoms with E-state index in [1.54, 1.807) is 24.3 Å². The van der Waals surface area contributed by atoms with Gasteiger partial charge in [0.15, 0.2) is 0 Å². The van der Waals surface area contributed by atoms with Gasteiger partial charge >= 0.3 is 35.5 Å². The van der Waals surface area contributed by atoms with Crippen LogP contribution >= 0.6 is 11.3 Å². The van der Waals surface area contributed by atoms with E-state index < -0.39 is 5.97 Å². The molecule has 0 atom stereocenters. The Labute approximate surface area is 112 Å². The Hall–Kier alpha value is -0.680. The summed E-state index contributed by atoms with van der Waals surface area (Å²) in [5.41, 5.74) is 0. The molecular formula is C10H7NaO3S. The van der Waals surface area contributed by atoms with Crippen LogP contribution in [0.2, 0.25) is 0 Å². The Kier molecular flexibility index (Phi) is 4.04. The van der Waals surface area contributed by atoms with Gasteiger partial charge in [0.05, 0.1) is 0 Å². The molecule has 2 rings (SSSR count). The van der Waals surface area contributed by atoms with Gasteiger partial charge in [-0.1, -0.05) is 29.5 Å². The molecule has 0 saturated carbocycles. The van der Waals surface area contributed by atoms with E-state index >= 15 is 0 Å². The van der Waals surface area contributed by atoms with E-state index in [0.29, 0.717) is 10.8 Å². The molecule has 72 valence electrons. The van der Waals surface area contributed by atoms with Crippen LogP contribution in [0.15, 0.2) is 35.1 Å². The van der Waals surface area contributed by atoms with Gasteiger partial charge in [-0.25, -0.2) is 4.79 Å². The van der Waals surface area contributed by atoms with Crippen molar-refractivity contribution < 1.29 is 9.90 Å². The van der Waals surface area contributed by atoms with Gasteiger partial charge in [0.1, 0.15) is 4.88 Å². The number of aromatic carboxylic acids is 1. The monoisotopic (exact) mass is 230 g/mol. The first-order valence-corrected chi connectivity index (χ1v) is 4.76. The average Bonchev–Trinajstić information content (AvgIpc) is 2.17. The topological polar surface area (TPSA) is 54.4 Å². The maximum atomic E-state index is 11.5. The molecule has 0 unspecified atom stereocenters. The average molecular weight is 230 g/mol. The van der Waals surface area contributed by atoms with Gasteiger partial charge in [0, 0.05) is 5.39 Å². The SMILES string of the molecule is O=C(O)c1cc2ccccc2c(=O)s1.[NaH]. The third kappa shape index (κ3) is 2.46. The molecular weight excluding hydrogens is 223 g/mol. The molecule has 0 radical (unpaired) electrons. The molecule has 1 aromatic heterocycles. The fraction of sp³-hybridized carbons (Fsp3) is 0. The normalized spacial score (nSPS) is 9.60. The fourth-order valence-corrected chi connectivity index (χ4v) is 2.01. The van der Waals surface area contributed by atoms with Crippen molar-refractivity contribution >= 4 is 57.6 Å². The van der Waals surface area contributed by atoms with Gasteiger partial charge in [0.25, 0.3) is 0 Å². The van der Waals surface area contributed by atoms with Crippen molar-refractivity contribution in [2.75, 3.05) is 0 Å². The summed E-state index contributed by atoms with van der Waals surface area (Å²) in [6.45, 7) is 0. The maximum absolute atomic E-state index is 11.5. The number of carboxylic acids is 1. The molecule has 1 aromatic carbocycles. The zero-order valence-corrected chi connectivity index (χ0v) is 7.88. The van der Waals surface area contributed by atoms with Crippen molar-refractivity contribution in [2.45, 2.75) is 0 Å². The van der Waals surface area contributed by atoms with Gasteiger partial charge in [0.2, 0.25) is 4.74 Å². The summed E-state index contributed by atoms with van der Waals surface area (Å²) >= 11 is 0.760. The Morgan fingerprint density at radius 3 is 2.60 bits per heavy atom. The molecule has 1 heterocycles. The summed E-state index contributed by atoms with van der Waals surface area (Å²) in [6, 6.07) is 8.48. The van der Waals surface area contributed by atoms with Gasteiger partial charge in [-0.2, -0.15) is 0 Å². The van der Waals surface area contributed by atoms with Gasteiger partial charge < -0.3 is 5.11 Å². The van der Waals surface area contributed by atoms with Gasteiger partial charge in [-0.3, -0.25) is 4.79 Å². The molecule has 5 heteroatoms. The number of fused-ring (bicyclic) bond motifs is 1. The molecule has 2 aromatic rings. The van der Waals surface area contributed by atoms with Crippen LogP contribution in [-0.2, 0) is 0 Å². The minimum absolute atomic E-state index is 0. The fourth-order valence-electron chi connectivity index (χ4n) is 1.24. The molecule has 0 spiro atoms. The number of benzene rings is 1. The number of carbonyl (C=O) groups is 1. The summed E-state index contributed by atoms with van der Waals surface area (Å²) < 4.78 is -0.208. The van der Waals surface area contributed by atoms with Crippen molar-refractivity contribution in [3.63, 3.8) is 0 Å². The second kappa shape index (κ2) is 4.90. The number of hydrogen-bond acceptors (Lipinski definition) is 3. The van der Waals surface area contributed by atoms with E-state index in [-0.39, 0.29) is 39.2 Å². The molecule has 0 bridgehead atoms. The molecule has 3 nitrogen and oxygen atoms in total. The van der Waals surface area contributed by atoms with Crippen LogP contribution in [0, 0.1) is 0 Å². The number of rotatable bonds is 1. The molecule has 0 aliphatic heterocycles. The summed E-state index contributed by atoms with van der Waals surface area (Å²) in [6.07, 6.45) is 0. The van der Waals surface area contributed by atoms with Crippen LogP contribution in [0.3, 0.4) is 0 Å². The van der Waals surface area contributed by atoms with Crippen molar-refractivity contribution in [1.29, 1.82) is 0 Å². The molecule has 0 aliphatic rings. The molecule has 0 saturated heterocycles. The second-order valence-corrected chi connectivity index (χ2v) is 3.81. The van der Waals surface area contributed by atoms with Crippen molar-refractivity contribution in [3.8, 4) is 0 Å². The van der Waals surface area contributed by atoms with Crippen LogP contribution in [0.5, 0.6) is 0 Å². The first kappa shape index (κ1) is 12.4. The summed E-state index contributed by atoms with van der Waals surface area (Å²) in [5.74, 6) is -1.06. The molecule has 0 amide bonds. The Morgan fingerprint density at radius 2 is 1.93 bits per heavy atom. The predicted octanol–water partition coefficient (Wildman–Crippen LogP) is 1.31. The zero-order chi connectivity index (χ0) is 10.1. The van der Waals surface area contributed by atoms with Gasteiger partial charge in [-0.15, -0.1) is 0 Å². The van der Waals surface area contributed by atoms with E-state index in [1.807, 2.05) is 0 Å². The van der Waals surface area contributed by atoms with Crippen LogP contribution in [0.4, 0.5) is 0 Å². The predicted molar refractivity (Wildman–Crippen MR) is 62.2 cm³/mol. The molecule has 15 heavy (non-hydrogen) atoms. The molecule has 1 N–H and O–H groups in total. The van der Waals surface area contributed by atoms with Crippen LogP contribution in [0.1, 0.15) is 9.67 Å². The number of carboxylic acid groups (broad SMARTS) is 1. The van der Waals surface area contributed by atoms with E-state index in [1.165, 1.54) is 6.07 Å². The van der Waals surface area contributed by atoms with Crippen molar-refractivity contribution in [1.82, 2.24) is 0 Å². The van der Waals surface area contributed by atoms with Crippen LogP contribution < -0.4 is 4.74 Å². The van der Waals surface area contributed by atoms with Crippen molar-refractivity contribution in [3.05, 3.63) is 44.7 Å². The summed E-state index contributed by atoms with van der Waals surface area (Å²) in [5, 5.41) is 9.99. The Bertz CT molecular complexity index is 562. The standard InChI is InChI=1S/C10H6O3S.Na.H/c11-9(12)8-5-6-3-1-2-4-7(6)10(13)14-8;;/h1-5H,(H,11,12);;. The summed E-state index contributed by atoms with van der Waals surface area (Å²) in [4.78, 5) is 22.2. The first-order chi connectivity index (χ1) is 6.68. The van der Waals surface area contributed by atoms with Crippen LogP contribution in [0.25, 0.3) is 10.8 Å². The van der Waals surface area contributed by atoms with E-state index in [9.17, 15) is 9.59 Å². The zero-order valence-electron chi connectivity index (χ0n) is 7.06. The number of hydrogen-bond donors (Lipinski definition) is 1. The third-order valence-corrected chi connectivity index (χ3v) is 2.80. The van der Waals surface area contributed by atoms with Gasteiger partial charge in [-0.05, 0) is 17.5 Å². The second-order valence-electron chi connectivity index (χ2n) is 2.79. The molecule has 0 aliphatic carbocycles. The Morgan fingerprint density at radius 1 is 1.27 bits per heavy atom. The van der Waals surface area contributed by atoms with Crippen LogP contribution in [-0.4, -0.2) is 40.6 Å².